The van der Waals surface area contributed by atoms with Gasteiger partial charge in [0.1, 0.15) is 0 Å². The third-order valence-electron chi connectivity index (χ3n) is 3.07. The van der Waals surface area contributed by atoms with Crippen LogP contribution < -0.4 is 10.6 Å². The van der Waals surface area contributed by atoms with Crippen LogP contribution in [-0.2, 0) is 0 Å². The van der Waals surface area contributed by atoms with Crippen molar-refractivity contribution in [2.45, 2.75) is 18.4 Å². The molecule has 1 saturated heterocycles. The third kappa shape index (κ3) is 3.70. The van der Waals surface area contributed by atoms with E-state index in [4.69, 9.17) is 15.3 Å². The molecule has 0 bridgehead atoms. The van der Waals surface area contributed by atoms with Crippen LogP contribution in [0.4, 0.5) is 0 Å². The van der Waals surface area contributed by atoms with E-state index in [2.05, 4.69) is 10.6 Å². The minimum Gasteiger partial charge on any atom is -0.394 e. The monoisotopic (exact) mass is 218 g/mol. The van der Waals surface area contributed by atoms with Crippen LogP contribution in [0.2, 0.25) is 0 Å². The lowest BCUT2D eigenvalue weighted by atomic mass is 9.97. The van der Waals surface area contributed by atoms with Gasteiger partial charge in [-0.1, -0.05) is 0 Å². The molecule has 5 N–H and O–H groups in total. The van der Waals surface area contributed by atoms with Gasteiger partial charge in [-0.3, -0.25) is 0 Å². The normalized spacial score (nSPS) is 23.0. The number of nitrogens with one attached hydrogen (secondary N) is 2. The van der Waals surface area contributed by atoms with Crippen LogP contribution >= 0.6 is 0 Å². The van der Waals surface area contributed by atoms with E-state index >= 15 is 0 Å². The lowest BCUT2D eigenvalue weighted by Crippen LogP contribution is -2.56. The van der Waals surface area contributed by atoms with Gasteiger partial charge in [0.15, 0.2) is 0 Å². The van der Waals surface area contributed by atoms with E-state index in [1.54, 1.807) is 0 Å². The number of piperidine rings is 1. The smallest absolute Gasteiger partial charge is 0.0881 e. The van der Waals surface area contributed by atoms with Crippen LogP contribution in [0.25, 0.3) is 0 Å². The Morgan fingerprint density at radius 1 is 1.20 bits per heavy atom. The van der Waals surface area contributed by atoms with Crippen molar-refractivity contribution in [3.05, 3.63) is 0 Å². The maximum absolute atomic E-state index is 9.11. The van der Waals surface area contributed by atoms with Crippen LogP contribution in [0.15, 0.2) is 0 Å². The zero-order valence-electron chi connectivity index (χ0n) is 9.08. The number of hydrogen-bond donors (Lipinski definition) is 5. The summed E-state index contributed by atoms with van der Waals surface area (Å²) < 4.78 is 0. The minimum atomic E-state index is -0.933. The predicted molar refractivity (Wildman–Crippen MR) is 57.6 cm³/mol. The maximum atomic E-state index is 9.11. The van der Waals surface area contributed by atoms with Crippen LogP contribution in [0.1, 0.15) is 12.8 Å². The molecule has 1 fully saturated rings. The molecule has 0 aromatic heterocycles. The Labute approximate surface area is 90.5 Å². The van der Waals surface area contributed by atoms with Crippen LogP contribution in [0, 0.1) is 5.92 Å². The van der Waals surface area contributed by atoms with Gasteiger partial charge in [0.25, 0.3) is 0 Å². The topological polar surface area (TPSA) is 84.8 Å². The van der Waals surface area contributed by atoms with Gasteiger partial charge in [-0.2, -0.15) is 0 Å². The zero-order valence-corrected chi connectivity index (χ0v) is 9.08. The first-order valence-corrected chi connectivity index (χ1v) is 5.54. The fourth-order valence-electron chi connectivity index (χ4n) is 1.78. The fraction of sp³-hybridized carbons (Fsp3) is 1.00. The van der Waals surface area contributed by atoms with E-state index in [1.165, 1.54) is 0 Å². The molecule has 0 aromatic carbocycles. The molecule has 5 nitrogen and oxygen atoms in total. The molecule has 5 heteroatoms. The van der Waals surface area contributed by atoms with Gasteiger partial charge < -0.3 is 26.0 Å². The molecule has 15 heavy (non-hydrogen) atoms. The molecule has 1 heterocycles. The van der Waals surface area contributed by atoms with E-state index in [-0.39, 0.29) is 19.8 Å². The van der Waals surface area contributed by atoms with Crippen LogP contribution in [0.5, 0.6) is 0 Å². The highest BCUT2D eigenvalue weighted by Gasteiger charge is 2.28. The summed E-state index contributed by atoms with van der Waals surface area (Å²) in [5.74, 6) is 0.516. The highest BCUT2D eigenvalue weighted by Crippen LogP contribution is 2.10. The summed E-state index contributed by atoms with van der Waals surface area (Å²) in [5, 5.41) is 33.7. The molecule has 0 amide bonds. The van der Waals surface area contributed by atoms with E-state index in [9.17, 15) is 0 Å². The first kappa shape index (κ1) is 12.9. The summed E-state index contributed by atoms with van der Waals surface area (Å²) in [6.45, 7) is 2.00. The Balaban J connectivity index is 2.31. The maximum Gasteiger partial charge on any atom is 0.0881 e. The molecule has 0 spiro atoms. The van der Waals surface area contributed by atoms with Gasteiger partial charge in [0.2, 0.25) is 0 Å². The van der Waals surface area contributed by atoms with E-state index < -0.39 is 5.54 Å². The molecule has 0 saturated carbocycles. The van der Waals surface area contributed by atoms with Crippen LogP contribution in [0.3, 0.4) is 0 Å². The zero-order chi connectivity index (χ0) is 11.1. The van der Waals surface area contributed by atoms with Gasteiger partial charge >= 0.3 is 0 Å². The molecule has 0 aliphatic carbocycles. The van der Waals surface area contributed by atoms with Gasteiger partial charge in [0.05, 0.1) is 25.4 Å². The van der Waals surface area contributed by atoms with Crippen molar-refractivity contribution in [1.82, 2.24) is 10.6 Å². The van der Waals surface area contributed by atoms with Crippen molar-refractivity contribution in [2.24, 2.45) is 5.92 Å². The number of hydrogen-bond acceptors (Lipinski definition) is 5. The average Bonchev–Trinajstić information content (AvgIpc) is 2.33. The fourth-order valence-corrected chi connectivity index (χ4v) is 1.78. The molecule has 90 valence electrons. The lowest BCUT2D eigenvalue weighted by Gasteiger charge is -2.32. The Bertz CT molecular complexity index is 160. The average molecular weight is 218 g/mol. The quantitative estimate of drug-likeness (QED) is 0.367. The minimum absolute atomic E-state index is 0.250. The summed E-state index contributed by atoms with van der Waals surface area (Å²) in [4.78, 5) is 0. The molecule has 1 atom stereocenters. The second-order valence-corrected chi connectivity index (χ2v) is 4.35. The van der Waals surface area contributed by atoms with Crippen molar-refractivity contribution in [3.63, 3.8) is 0 Å². The first-order valence-electron chi connectivity index (χ1n) is 5.54. The molecule has 1 unspecified atom stereocenters. The predicted octanol–water partition coefficient (Wildman–Crippen LogP) is -1.71. The summed E-state index contributed by atoms with van der Waals surface area (Å²) in [7, 11) is 0. The first-order chi connectivity index (χ1) is 7.26. The Morgan fingerprint density at radius 2 is 1.87 bits per heavy atom. The van der Waals surface area contributed by atoms with Gasteiger partial charge in [0, 0.05) is 0 Å². The van der Waals surface area contributed by atoms with Gasteiger partial charge in [-0.05, 0) is 38.4 Å². The highest BCUT2D eigenvalue weighted by molar-refractivity contribution is 4.87. The standard InChI is InChI=1S/C10H22N2O3/c13-6-10(7-14,8-15)12-5-9-2-1-3-11-4-9/h9,11-15H,1-8H2. The third-order valence-corrected chi connectivity index (χ3v) is 3.07. The van der Waals surface area contributed by atoms with Gasteiger partial charge in [-0.15, -0.1) is 0 Å². The Morgan fingerprint density at radius 3 is 2.33 bits per heavy atom. The molecule has 1 aliphatic rings. The van der Waals surface area contributed by atoms with Crippen molar-refractivity contribution in [2.75, 3.05) is 39.5 Å². The Hall–Kier alpha value is -0.200. The van der Waals surface area contributed by atoms with Crippen molar-refractivity contribution >= 4 is 0 Å². The largest absolute Gasteiger partial charge is 0.394 e. The van der Waals surface area contributed by atoms with Crippen molar-refractivity contribution in [1.29, 1.82) is 0 Å². The SMILES string of the molecule is OCC(CO)(CO)NCC1CCCNC1. The second-order valence-electron chi connectivity index (χ2n) is 4.35. The summed E-state index contributed by atoms with van der Waals surface area (Å²) >= 11 is 0. The van der Waals surface area contributed by atoms with E-state index in [1.807, 2.05) is 0 Å². The Kier molecular flexibility index (Phi) is 5.49. The summed E-state index contributed by atoms with van der Waals surface area (Å²) in [6, 6.07) is 0. The molecular formula is C10H22N2O3. The molecule has 0 aromatic rings. The van der Waals surface area contributed by atoms with Gasteiger partial charge in [-0.25, -0.2) is 0 Å². The molecule has 1 rings (SSSR count). The van der Waals surface area contributed by atoms with Crippen molar-refractivity contribution < 1.29 is 15.3 Å². The van der Waals surface area contributed by atoms with Crippen molar-refractivity contribution in [3.8, 4) is 0 Å². The second kappa shape index (κ2) is 6.40. The molecule has 0 radical (unpaired) electrons. The number of rotatable bonds is 6. The lowest BCUT2D eigenvalue weighted by molar-refractivity contribution is 0.0391. The van der Waals surface area contributed by atoms with Crippen LogP contribution in [-0.4, -0.2) is 60.3 Å². The molecule has 1 aliphatic heterocycles. The van der Waals surface area contributed by atoms with E-state index in [0.29, 0.717) is 12.5 Å². The number of aliphatic hydroxyl groups excluding tert-OH is 3. The summed E-state index contributed by atoms with van der Waals surface area (Å²) in [6.07, 6.45) is 2.31. The highest BCUT2D eigenvalue weighted by atomic mass is 16.3. The summed E-state index contributed by atoms with van der Waals surface area (Å²) in [5.41, 5.74) is -0.933. The number of aliphatic hydroxyl groups is 3. The van der Waals surface area contributed by atoms with E-state index in [0.717, 1.165) is 25.9 Å². The molecular weight excluding hydrogens is 196 g/mol.